The first-order valence-electron chi connectivity index (χ1n) is 11.4. The van der Waals surface area contributed by atoms with Crippen molar-refractivity contribution in [1.82, 2.24) is 19.7 Å². The second-order valence-electron chi connectivity index (χ2n) is 9.16. The predicted molar refractivity (Wildman–Crippen MR) is 145 cm³/mol. The summed E-state index contributed by atoms with van der Waals surface area (Å²) >= 11 is 1.38. The van der Waals surface area contributed by atoms with Gasteiger partial charge in [0.15, 0.2) is 6.61 Å². The summed E-state index contributed by atoms with van der Waals surface area (Å²) in [7, 11) is -2.11. The lowest BCUT2D eigenvalue weighted by Gasteiger charge is -2.22. The summed E-state index contributed by atoms with van der Waals surface area (Å²) in [5.74, 6) is 0.490. The molecule has 37 heavy (non-hydrogen) atoms. The SMILES string of the molecule is CNc1ccc(-c2ncc(-c3ccc(NC(=O)OCc4ncc[nH]4)cc3S(=O)(=O)NC(C)(C)C)s2)cc1. The Bertz CT molecular complexity index is 1470. The Morgan fingerprint density at radius 2 is 1.81 bits per heavy atom. The van der Waals surface area contributed by atoms with Crippen molar-refractivity contribution in [2.45, 2.75) is 37.8 Å². The number of imidazole rings is 1. The minimum absolute atomic E-state index is 0.0204. The summed E-state index contributed by atoms with van der Waals surface area (Å²) in [6.45, 7) is 5.24. The normalized spacial score (nSPS) is 11.8. The van der Waals surface area contributed by atoms with Crippen LogP contribution in [-0.4, -0.2) is 42.0 Å². The van der Waals surface area contributed by atoms with Crippen LogP contribution in [-0.2, 0) is 21.4 Å². The van der Waals surface area contributed by atoms with Gasteiger partial charge >= 0.3 is 6.09 Å². The number of amides is 1. The third-order valence-corrected chi connectivity index (χ3v) is 7.92. The third-order valence-electron chi connectivity index (χ3n) is 5.04. The zero-order valence-corrected chi connectivity index (χ0v) is 22.5. The van der Waals surface area contributed by atoms with Gasteiger partial charge in [-0.2, -0.15) is 0 Å². The first-order valence-corrected chi connectivity index (χ1v) is 13.7. The molecule has 2 heterocycles. The number of rotatable bonds is 8. The van der Waals surface area contributed by atoms with Crippen LogP contribution in [0.2, 0.25) is 0 Å². The van der Waals surface area contributed by atoms with Crippen molar-refractivity contribution in [2.75, 3.05) is 17.7 Å². The van der Waals surface area contributed by atoms with E-state index in [1.165, 1.54) is 17.4 Å². The van der Waals surface area contributed by atoms with E-state index in [-0.39, 0.29) is 17.2 Å². The molecule has 0 aliphatic heterocycles. The molecule has 12 heteroatoms. The van der Waals surface area contributed by atoms with E-state index in [4.69, 9.17) is 4.74 Å². The highest BCUT2D eigenvalue weighted by Gasteiger charge is 2.26. The second-order valence-corrected chi connectivity index (χ2v) is 11.8. The molecule has 0 saturated carbocycles. The molecule has 194 valence electrons. The van der Waals surface area contributed by atoms with Gasteiger partial charge in [0.05, 0.1) is 9.77 Å². The molecular weight excluding hydrogens is 512 g/mol. The van der Waals surface area contributed by atoms with Gasteiger partial charge in [-0.3, -0.25) is 5.32 Å². The van der Waals surface area contributed by atoms with Crippen LogP contribution in [0.5, 0.6) is 0 Å². The standard InChI is InChI=1S/C25H28N6O4S2/c1-25(2,3)31-37(33,34)21-13-18(30-24(32)35-15-22-27-11-12-28-22)9-10-19(21)20-14-29-23(36-20)16-5-7-17(26-4)8-6-16/h5-14,26,31H,15H2,1-4H3,(H,27,28)(H,30,32). The van der Waals surface area contributed by atoms with Gasteiger partial charge in [-0.25, -0.2) is 27.9 Å². The lowest BCUT2D eigenvalue weighted by molar-refractivity contribution is 0.152. The molecule has 0 unspecified atom stereocenters. The molecule has 10 nitrogen and oxygen atoms in total. The van der Waals surface area contributed by atoms with Crippen molar-refractivity contribution < 1.29 is 17.9 Å². The van der Waals surface area contributed by atoms with Crippen LogP contribution in [0, 0.1) is 0 Å². The van der Waals surface area contributed by atoms with Crippen molar-refractivity contribution in [2.24, 2.45) is 0 Å². The Hall–Kier alpha value is -3.74. The number of aromatic nitrogens is 3. The van der Waals surface area contributed by atoms with Crippen LogP contribution in [0.1, 0.15) is 26.6 Å². The van der Waals surface area contributed by atoms with Crippen LogP contribution >= 0.6 is 11.3 Å². The molecule has 0 bridgehead atoms. The molecule has 0 atom stereocenters. The molecule has 1 amide bonds. The number of hydrogen-bond donors (Lipinski definition) is 4. The maximum absolute atomic E-state index is 13.4. The highest BCUT2D eigenvalue weighted by molar-refractivity contribution is 7.89. The van der Waals surface area contributed by atoms with Crippen molar-refractivity contribution >= 4 is 38.8 Å². The number of hydrogen-bond acceptors (Lipinski definition) is 8. The van der Waals surface area contributed by atoms with Gasteiger partial charge < -0.3 is 15.0 Å². The van der Waals surface area contributed by atoms with Gasteiger partial charge in [-0.05, 0) is 57.2 Å². The Kier molecular flexibility index (Phi) is 7.62. The minimum atomic E-state index is -3.95. The van der Waals surface area contributed by atoms with Crippen molar-refractivity contribution in [3.63, 3.8) is 0 Å². The van der Waals surface area contributed by atoms with Crippen LogP contribution < -0.4 is 15.4 Å². The van der Waals surface area contributed by atoms with Gasteiger partial charge in [0, 0.05) is 53.7 Å². The molecule has 0 spiro atoms. The molecule has 0 fully saturated rings. The number of benzene rings is 2. The molecule has 2 aromatic carbocycles. The van der Waals surface area contributed by atoms with Crippen LogP contribution in [0.25, 0.3) is 21.0 Å². The minimum Gasteiger partial charge on any atom is -0.441 e. The summed E-state index contributed by atoms with van der Waals surface area (Å²) in [5, 5.41) is 6.42. The number of ether oxygens (including phenoxy) is 1. The largest absolute Gasteiger partial charge is 0.441 e. The van der Waals surface area contributed by atoms with E-state index in [0.717, 1.165) is 16.3 Å². The lowest BCUT2D eigenvalue weighted by Crippen LogP contribution is -2.40. The molecule has 4 N–H and O–H groups in total. The maximum atomic E-state index is 13.4. The number of sulfonamides is 1. The summed E-state index contributed by atoms with van der Waals surface area (Å²) in [4.78, 5) is 24.4. The summed E-state index contributed by atoms with van der Waals surface area (Å²) in [6, 6.07) is 12.5. The van der Waals surface area contributed by atoms with Crippen molar-refractivity contribution in [3.8, 4) is 21.0 Å². The number of nitrogens with one attached hydrogen (secondary N) is 4. The van der Waals surface area contributed by atoms with Crippen LogP contribution in [0.4, 0.5) is 16.2 Å². The summed E-state index contributed by atoms with van der Waals surface area (Å²) in [6.07, 6.45) is 4.09. The third kappa shape index (κ3) is 6.73. The Morgan fingerprint density at radius 1 is 1.08 bits per heavy atom. The summed E-state index contributed by atoms with van der Waals surface area (Å²) in [5.41, 5.74) is 1.94. The van der Waals surface area contributed by atoms with E-state index in [0.29, 0.717) is 16.3 Å². The first kappa shape index (κ1) is 26.3. The number of nitrogens with zero attached hydrogens (tertiary/aromatic N) is 2. The topological polar surface area (TPSA) is 138 Å². The van der Waals surface area contributed by atoms with Gasteiger partial charge in [0.1, 0.15) is 10.8 Å². The monoisotopic (exact) mass is 540 g/mol. The van der Waals surface area contributed by atoms with E-state index in [2.05, 4.69) is 30.3 Å². The molecule has 4 rings (SSSR count). The molecule has 0 saturated heterocycles. The van der Waals surface area contributed by atoms with Gasteiger partial charge in [-0.1, -0.05) is 6.07 Å². The summed E-state index contributed by atoms with van der Waals surface area (Å²) < 4.78 is 34.7. The van der Waals surface area contributed by atoms with E-state index in [1.807, 2.05) is 31.3 Å². The van der Waals surface area contributed by atoms with E-state index in [1.54, 1.807) is 51.5 Å². The molecule has 0 aliphatic carbocycles. The van der Waals surface area contributed by atoms with Gasteiger partial charge in [0.25, 0.3) is 0 Å². The van der Waals surface area contributed by atoms with E-state index in [9.17, 15) is 13.2 Å². The number of thiazole rings is 1. The molecular formula is C25H28N6O4S2. The quantitative estimate of drug-likeness (QED) is 0.245. The average molecular weight is 541 g/mol. The predicted octanol–water partition coefficient (Wildman–Crippen LogP) is 5.07. The van der Waals surface area contributed by atoms with Crippen LogP contribution in [0.3, 0.4) is 0 Å². The average Bonchev–Trinajstić information content (AvgIpc) is 3.54. The van der Waals surface area contributed by atoms with E-state index < -0.39 is 21.7 Å². The fourth-order valence-corrected chi connectivity index (χ4v) is 6.15. The molecule has 2 aromatic heterocycles. The first-order chi connectivity index (χ1) is 17.5. The number of aromatic amines is 1. The van der Waals surface area contributed by atoms with Gasteiger partial charge in [0.2, 0.25) is 10.0 Å². The molecule has 4 aromatic rings. The second kappa shape index (κ2) is 10.7. The number of H-pyrrole nitrogens is 1. The van der Waals surface area contributed by atoms with Crippen molar-refractivity contribution in [1.29, 1.82) is 0 Å². The molecule has 0 aliphatic rings. The maximum Gasteiger partial charge on any atom is 0.412 e. The molecule has 0 radical (unpaired) electrons. The highest BCUT2D eigenvalue weighted by atomic mass is 32.2. The number of anilines is 2. The highest BCUT2D eigenvalue weighted by Crippen LogP contribution is 2.37. The van der Waals surface area contributed by atoms with E-state index >= 15 is 0 Å². The lowest BCUT2D eigenvalue weighted by atomic mass is 10.1. The Labute approximate surface area is 219 Å². The zero-order chi connectivity index (χ0) is 26.6. The van der Waals surface area contributed by atoms with Crippen LogP contribution in [0.15, 0.2) is 66.0 Å². The van der Waals surface area contributed by atoms with Gasteiger partial charge in [-0.15, -0.1) is 11.3 Å². The Morgan fingerprint density at radius 3 is 2.46 bits per heavy atom. The number of carbonyl (C=O) groups excluding carboxylic acids is 1. The fraction of sp³-hybridized carbons (Fsp3) is 0.240. The fourth-order valence-electron chi connectivity index (χ4n) is 3.46. The zero-order valence-electron chi connectivity index (χ0n) is 20.8. The smallest absolute Gasteiger partial charge is 0.412 e. The van der Waals surface area contributed by atoms with Crippen molar-refractivity contribution in [3.05, 3.63) is 66.9 Å². The Balaban J connectivity index is 1.65. The number of carbonyl (C=O) groups is 1.